The van der Waals surface area contributed by atoms with Gasteiger partial charge in [0.15, 0.2) is 0 Å². The van der Waals surface area contributed by atoms with E-state index in [0.717, 1.165) is 0 Å². The summed E-state index contributed by atoms with van der Waals surface area (Å²) in [4.78, 5) is 11.8. The zero-order chi connectivity index (χ0) is 12.3. The van der Waals surface area contributed by atoms with Crippen LogP contribution < -0.4 is 11.1 Å². The SMILES string of the molecule is Nc1ccc(C(=O)Nc2cccc(F)c2)cc1. The fraction of sp³-hybridized carbons (Fsp3) is 0. The van der Waals surface area contributed by atoms with Crippen LogP contribution in [0.4, 0.5) is 15.8 Å². The molecule has 0 radical (unpaired) electrons. The fourth-order valence-electron chi connectivity index (χ4n) is 1.40. The molecule has 0 unspecified atom stereocenters. The molecule has 0 spiro atoms. The van der Waals surface area contributed by atoms with Crippen LogP contribution in [0.5, 0.6) is 0 Å². The summed E-state index contributed by atoms with van der Waals surface area (Å²) >= 11 is 0. The second-order valence-corrected chi connectivity index (χ2v) is 3.59. The van der Waals surface area contributed by atoms with Crippen LogP contribution in [0.3, 0.4) is 0 Å². The maximum absolute atomic E-state index is 12.9. The number of carbonyl (C=O) groups excluding carboxylic acids is 1. The monoisotopic (exact) mass is 230 g/mol. The Morgan fingerprint density at radius 1 is 1.12 bits per heavy atom. The first-order valence-electron chi connectivity index (χ1n) is 5.07. The molecule has 0 bridgehead atoms. The van der Waals surface area contributed by atoms with E-state index in [1.54, 1.807) is 30.3 Å². The summed E-state index contributed by atoms with van der Waals surface area (Å²) in [6.07, 6.45) is 0. The summed E-state index contributed by atoms with van der Waals surface area (Å²) in [6, 6.07) is 12.2. The molecule has 3 N–H and O–H groups in total. The van der Waals surface area contributed by atoms with Crippen molar-refractivity contribution in [2.75, 3.05) is 11.1 Å². The van der Waals surface area contributed by atoms with Crippen LogP contribution in [0.2, 0.25) is 0 Å². The Bertz CT molecular complexity index is 537. The van der Waals surface area contributed by atoms with Crippen molar-refractivity contribution in [3.8, 4) is 0 Å². The number of halogens is 1. The molecule has 86 valence electrons. The predicted molar refractivity (Wildman–Crippen MR) is 65.2 cm³/mol. The molecule has 0 saturated heterocycles. The number of amides is 1. The number of hydrogen-bond donors (Lipinski definition) is 2. The normalized spacial score (nSPS) is 9.94. The molecule has 0 fully saturated rings. The van der Waals surface area contributed by atoms with Gasteiger partial charge >= 0.3 is 0 Å². The lowest BCUT2D eigenvalue weighted by atomic mass is 10.2. The largest absolute Gasteiger partial charge is 0.399 e. The lowest BCUT2D eigenvalue weighted by Crippen LogP contribution is -2.11. The quantitative estimate of drug-likeness (QED) is 0.779. The lowest BCUT2D eigenvalue weighted by Gasteiger charge is -2.05. The van der Waals surface area contributed by atoms with Crippen molar-refractivity contribution in [2.45, 2.75) is 0 Å². The van der Waals surface area contributed by atoms with Gasteiger partial charge in [-0.3, -0.25) is 4.79 Å². The average Bonchev–Trinajstić information content (AvgIpc) is 2.29. The van der Waals surface area contributed by atoms with Gasteiger partial charge in [-0.2, -0.15) is 0 Å². The summed E-state index contributed by atoms with van der Waals surface area (Å²) in [5, 5.41) is 2.60. The van der Waals surface area contributed by atoms with Crippen LogP contribution in [-0.2, 0) is 0 Å². The maximum atomic E-state index is 12.9. The highest BCUT2D eigenvalue weighted by Gasteiger charge is 2.05. The average molecular weight is 230 g/mol. The zero-order valence-corrected chi connectivity index (χ0v) is 8.98. The molecule has 0 aliphatic carbocycles. The van der Waals surface area contributed by atoms with Crippen LogP contribution in [0.15, 0.2) is 48.5 Å². The van der Waals surface area contributed by atoms with Crippen molar-refractivity contribution in [2.24, 2.45) is 0 Å². The Balaban J connectivity index is 2.14. The Morgan fingerprint density at radius 2 is 1.82 bits per heavy atom. The van der Waals surface area contributed by atoms with Gasteiger partial charge in [-0.25, -0.2) is 4.39 Å². The minimum atomic E-state index is -0.389. The summed E-state index contributed by atoms with van der Waals surface area (Å²) in [5.74, 6) is -0.685. The van der Waals surface area contributed by atoms with E-state index < -0.39 is 0 Å². The van der Waals surface area contributed by atoms with E-state index >= 15 is 0 Å². The van der Waals surface area contributed by atoms with Gasteiger partial charge in [0.1, 0.15) is 5.82 Å². The van der Waals surface area contributed by atoms with Crippen molar-refractivity contribution >= 4 is 17.3 Å². The summed E-state index contributed by atoms with van der Waals surface area (Å²) in [7, 11) is 0. The van der Waals surface area contributed by atoms with Crippen LogP contribution in [0, 0.1) is 5.82 Å². The number of rotatable bonds is 2. The maximum Gasteiger partial charge on any atom is 0.255 e. The molecular formula is C13H11FN2O. The van der Waals surface area contributed by atoms with Crippen LogP contribution in [-0.4, -0.2) is 5.91 Å². The van der Waals surface area contributed by atoms with Crippen molar-refractivity contribution in [3.05, 3.63) is 59.9 Å². The summed E-state index contributed by atoms with van der Waals surface area (Å²) < 4.78 is 12.9. The molecule has 4 heteroatoms. The first kappa shape index (κ1) is 11.1. The molecule has 0 atom stereocenters. The van der Waals surface area contributed by atoms with Crippen LogP contribution in [0.25, 0.3) is 0 Å². The number of nitrogens with two attached hydrogens (primary N) is 1. The van der Waals surface area contributed by atoms with Crippen molar-refractivity contribution < 1.29 is 9.18 Å². The highest BCUT2D eigenvalue weighted by molar-refractivity contribution is 6.04. The van der Waals surface area contributed by atoms with Gasteiger partial charge < -0.3 is 11.1 Å². The molecule has 0 aliphatic heterocycles. The Labute approximate surface area is 98.1 Å². The van der Waals surface area contributed by atoms with E-state index in [1.165, 1.54) is 18.2 Å². The van der Waals surface area contributed by atoms with Crippen molar-refractivity contribution in [1.82, 2.24) is 0 Å². The number of carbonyl (C=O) groups is 1. The van der Waals surface area contributed by atoms with E-state index in [-0.39, 0.29) is 11.7 Å². The lowest BCUT2D eigenvalue weighted by molar-refractivity contribution is 0.102. The topological polar surface area (TPSA) is 55.1 Å². The molecule has 0 saturated carbocycles. The minimum Gasteiger partial charge on any atom is -0.399 e. The first-order valence-corrected chi connectivity index (χ1v) is 5.07. The van der Waals surface area contributed by atoms with Gasteiger partial charge in [0, 0.05) is 16.9 Å². The molecule has 17 heavy (non-hydrogen) atoms. The molecular weight excluding hydrogens is 219 g/mol. The molecule has 0 aromatic heterocycles. The molecule has 0 aliphatic rings. The van der Waals surface area contributed by atoms with E-state index in [4.69, 9.17) is 5.73 Å². The highest BCUT2D eigenvalue weighted by atomic mass is 19.1. The molecule has 0 heterocycles. The molecule has 2 aromatic carbocycles. The first-order chi connectivity index (χ1) is 8.15. The summed E-state index contributed by atoms with van der Waals surface area (Å²) in [6.45, 7) is 0. The van der Waals surface area contributed by atoms with E-state index in [2.05, 4.69) is 5.32 Å². The Kier molecular flexibility index (Phi) is 3.05. The van der Waals surface area contributed by atoms with Gasteiger partial charge in [-0.05, 0) is 42.5 Å². The Hall–Kier alpha value is -2.36. The predicted octanol–water partition coefficient (Wildman–Crippen LogP) is 2.66. The number of benzene rings is 2. The van der Waals surface area contributed by atoms with Gasteiger partial charge in [0.25, 0.3) is 5.91 Å². The van der Waals surface area contributed by atoms with Gasteiger partial charge in [-0.15, -0.1) is 0 Å². The van der Waals surface area contributed by atoms with E-state index in [1.807, 2.05) is 0 Å². The molecule has 3 nitrogen and oxygen atoms in total. The standard InChI is InChI=1S/C13H11FN2O/c14-10-2-1-3-12(8-10)16-13(17)9-4-6-11(15)7-5-9/h1-8H,15H2,(H,16,17). The number of anilines is 2. The second kappa shape index (κ2) is 4.65. The number of nitrogen functional groups attached to an aromatic ring is 1. The second-order valence-electron chi connectivity index (χ2n) is 3.59. The zero-order valence-electron chi connectivity index (χ0n) is 8.98. The smallest absolute Gasteiger partial charge is 0.255 e. The third-order valence-corrected chi connectivity index (χ3v) is 2.26. The third-order valence-electron chi connectivity index (χ3n) is 2.26. The van der Waals surface area contributed by atoms with Crippen molar-refractivity contribution in [3.63, 3.8) is 0 Å². The minimum absolute atomic E-state index is 0.296. The molecule has 2 aromatic rings. The number of hydrogen-bond acceptors (Lipinski definition) is 2. The Morgan fingerprint density at radius 3 is 2.47 bits per heavy atom. The molecule has 2 rings (SSSR count). The fourth-order valence-corrected chi connectivity index (χ4v) is 1.40. The van der Waals surface area contributed by atoms with Crippen molar-refractivity contribution in [1.29, 1.82) is 0 Å². The van der Waals surface area contributed by atoms with Gasteiger partial charge in [-0.1, -0.05) is 6.07 Å². The van der Waals surface area contributed by atoms with E-state index in [0.29, 0.717) is 16.9 Å². The van der Waals surface area contributed by atoms with E-state index in [9.17, 15) is 9.18 Å². The highest BCUT2D eigenvalue weighted by Crippen LogP contribution is 2.12. The summed E-state index contributed by atoms with van der Waals surface area (Å²) in [5.41, 5.74) is 7.01. The van der Waals surface area contributed by atoms with Gasteiger partial charge in [0.2, 0.25) is 0 Å². The number of nitrogens with one attached hydrogen (secondary N) is 1. The molecule has 1 amide bonds. The van der Waals surface area contributed by atoms with Crippen LogP contribution in [0.1, 0.15) is 10.4 Å². The van der Waals surface area contributed by atoms with Gasteiger partial charge in [0.05, 0.1) is 0 Å². The van der Waals surface area contributed by atoms with Crippen LogP contribution >= 0.6 is 0 Å². The third kappa shape index (κ3) is 2.81.